The molecule has 2 aromatic rings. The van der Waals surface area contributed by atoms with Crippen molar-refractivity contribution in [3.05, 3.63) is 42.2 Å². The second-order valence-electron chi connectivity index (χ2n) is 3.59. The molecule has 1 amide bonds. The highest BCUT2D eigenvalue weighted by Gasteiger charge is 2.07. The fraction of sp³-hybridized carbons (Fsp3) is 0.167. The average molecular weight is 231 g/mol. The Balaban J connectivity index is 2.07. The number of hydrogen-bond acceptors (Lipinski definition) is 3. The zero-order chi connectivity index (χ0) is 12.3. The molecule has 1 N–H and O–H groups in total. The minimum atomic E-state index is -0.178. The fourth-order valence-corrected chi connectivity index (χ4v) is 1.42. The van der Waals surface area contributed by atoms with Gasteiger partial charge < -0.3 is 10.1 Å². The molecular formula is C12H13N3O2. The van der Waals surface area contributed by atoms with Crippen LogP contribution in [0.2, 0.25) is 0 Å². The molecule has 0 unspecified atom stereocenters. The lowest BCUT2D eigenvalue weighted by Gasteiger charge is -2.04. The van der Waals surface area contributed by atoms with E-state index in [0.29, 0.717) is 5.56 Å². The molecule has 5 heteroatoms. The Morgan fingerprint density at radius 2 is 2.06 bits per heavy atom. The van der Waals surface area contributed by atoms with Crippen LogP contribution in [0.5, 0.6) is 5.75 Å². The molecule has 0 radical (unpaired) electrons. The van der Waals surface area contributed by atoms with Crippen molar-refractivity contribution >= 4 is 11.6 Å². The van der Waals surface area contributed by atoms with Crippen molar-refractivity contribution in [3.8, 4) is 5.75 Å². The van der Waals surface area contributed by atoms with Crippen LogP contribution in [0.1, 0.15) is 10.4 Å². The molecule has 0 aliphatic heterocycles. The largest absolute Gasteiger partial charge is 0.497 e. The Hall–Kier alpha value is -2.30. The van der Waals surface area contributed by atoms with Gasteiger partial charge in [-0.2, -0.15) is 5.10 Å². The number of nitrogens with zero attached hydrogens (tertiary/aromatic N) is 2. The fourth-order valence-electron chi connectivity index (χ4n) is 1.42. The highest BCUT2D eigenvalue weighted by atomic mass is 16.5. The maximum absolute atomic E-state index is 11.8. The van der Waals surface area contributed by atoms with Gasteiger partial charge in [-0.05, 0) is 24.3 Å². The highest BCUT2D eigenvalue weighted by Crippen LogP contribution is 2.15. The zero-order valence-electron chi connectivity index (χ0n) is 9.68. The Morgan fingerprint density at radius 1 is 1.35 bits per heavy atom. The monoisotopic (exact) mass is 231 g/mol. The number of carbonyl (C=O) groups excluding carboxylic acids is 1. The predicted molar refractivity (Wildman–Crippen MR) is 64.2 cm³/mol. The number of aromatic nitrogens is 2. The van der Waals surface area contributed by atoms with E-state index in [2.05, 4.69) is 10.4 Å². The van der Waals surface area contributed by atoms with Crippen LogP contribution < -0.4 is 10.1 Å². The highest BCUT2D eigenvalue weighted by molar-refractivity contribution is 6.03. The Kier molecular flexibility index (Phi) is 3.09. The van der Waals surface area contributed by atoms with E-state index in [9.17, 15) is 4.79 Å². The van der Waals surface area contributed by atoms with E-state index in [1.165, 1.54) is 6.20 Å². The quantitative estimate of drug-likeness (QED) is 0.874. The van der Waals surface area contributed by atoms with Crippen LogP contribution in [0.25, 0.3) is 0 Å². The Labute approximate surface area is 99.0 Å². The Bertz CT molecular complexity index is 517. The summed E-state index contributed by atoms with van der Waals surface area (Å²) in [6.07, 6.45) is 3.19. The summed E-state index contributed by atoms with van der Waals surface area (Å²) < 4.78 is 6.62. The number of amides is 1. The molecule has 0 fully saturated rings. The van der Waals surface area contributed by atoms with Gasteiger partial charge in [0.25, 0.3) is 5.91 Å². The van der Waals surface area contributed by atoms with Crippen molar-refractivity contribution in [1.29, 1.82) is 0 Å². The topological polar surface area (TPSA) is 56.1 Å². The molecule has 88 valence electrons. The molecular weight excluding hydrogens is 218 g/mol. The molecule has 1 aromatic carbocycles. The second kappa shape index (κ2) is 4.69. The van der Waals surface area contributed by atoms with Crippen molar-refractivity contribution in [2.24, 2.45) is 7.05 Å². The summed E-state index contributed by atoms with van der Waals surface area (Å²) in [6, 6.07) is 7.15. The van der Waals surface area contributed by atoms with Crippen LogP contribution in [-0.4, -0.2) is 22.8 Å². The first-order valence-corrected chi connectivity index (χ1v) is 5.13. The maximum Gasteiger partial charge on any atom is 0.258 e. The summed E-state index contributed by atoms with van der Waals surface area (Å²) in [5.74, 6) is 0.577. The first kappa shape index (κ1) is 11.2. The number of aryl methyl sites for hydroxylation is 1. The van der Waals surface area contributed by atoms with Gasteiger partial charge in [0.2, 0.25) is 0 Å². The molecule has 5 nitrogen and oxygen atoms in total. The van der Waals surface area contributed by atoms with Crippen LogP contribution in [0.4, 0.5) is 5.69 Å². The van der Waals surface area contributed by atoms with Gasteiger partial charge in [0.1, 0.15) is 5.75 Å². The summed E-state index contributed by atoms with van der Waals surface area (Å²) in [7, 11) is 3.37. The lowest BCUT2D eigenvalue weighted by molar-refractivity contribution is 0.102. The predicted octanol–water partition coefficient (Wildman–Crippen LogP) is 1.68. The van der Waals surface area contributed by atoms with E-state index in [0.717, 1.165) is 11.4 Å². The molecule has 0 spiro atoms. The van der Waals surface area contributed by atoms with Gasteiger partial charge in [0.05, 0.1) is 18.9 Å². The summed E-state index contributed by atoms with van der Waals surface area (Å²) in [5.41, 5.74) is 1.25. The first-order chi connectivity index (χ1) is 8.19. The van der Waals surface area contributed by atoms with Gasteiger partial charge in [0.15, 0.2) is 0 Å². The van der Waals surface area contributed by atoms with E-state index in [1.807, 2.05) is 0 Å². The second-order valence-corrected chi connectivity index (χ2v) is 3.59. The number of methoxy groups -OCH3 is 1. The number of carbonyl (C=O) groups is 1. The third-order valence-electron chi connectivity index (χ3n) is 2.31. The van der Waals surface area contributed by atoms with Crippen LogP contribution >= 0.6 is 0 Å². The van der Waals surface area contributed by atoms with Crippen molar-refractivity contribution in [2.75, 3.05) is 12.4 Å². The van der Waals surface area contributed by atoms with E-state index >= 15 is 0 Å². The van der Waals surface area contributed by atoms with Crippen molar-refractivity contribution in [2.45, 2.75) is 0 Å². The number of rotatable bonds is 3. The molecule has 0 atom stereocenters. The lowest BCUT2D eigenvalue weighted by atomic mass is 10.2. The average Bonchev–Trinajstić information content (AvgIpc) is 2.77. The zero-order valence-corrected chi connectivity index (χ0v) is 9.68. The number of ether oxygens (including phenoxy) is 1. The number of anilines is 1. The molecule has 0 saturated heterocycles. The number of hydrogen-bond donors (Lipinski definition) is 1. The van der Waals surface area contributed by atoms with Gasteiger partial charge in [0, 0.05) is 18.9 Å². The van der Waals surface area contributed by atoms with Crippen molar-refractivity contribution < 1.29 is 9.53 Å². The minimum Gasteiger partial charge on any atom is -0.497 e. The van der Waals surface area contributed by atoms with E-state index in [4.69, 9.17) is 4.74 Å². The summed E-state index contributed by atoms with van der Waals surface area (Å²) in [4.78, 5) is 11.8. The van der Waals surface area contributed by atoms with Gasteiger partial charge >= 0.3 is 0 Å². The minimum absolute atomic E-state index is 0.178. The van der Waals surface area contributed by atoms with Crippen LogP contribution in [0, 0.1) is 0 Å². The molecule has 0 aliphatic carbocycles. The van der Waals surface area contributed by atoms with E-state index < -0.39 is 0 Å². The third-order valence-corrected chi connectivity index (χ3v) is 2.31. The molecule has 17 heavy (non-hydrogen) atoms. The van der Waals surface area contributed by atoms with E-state index in [-0.39, 0.29) is 5.91 Å². The smallest absolute Gasteiger partial charge is 0.258 e. The summed E-state index contributed by atoms with van der Waals surface area (Å²) in [5, 5.41) is 6.72. The van der Waals surface area contributed by atoms with Gasteiger partial charge in [-0.1, -0.05) is 0 Å². The van der Waals surface area contributed by atoms with Crippen LogP contribution in [0.15, 0.2) is 36.7 Å². The molecule has 0 saturated carbocycles. The molecule has 0 bridgehead atoms. The third kappa shape index (κ3) is 2.63. The normalized spacial score (nSPS) is 10.0. The Morgan fingerprint density at radius 3 is 2.59 bits per heavy atom. The lowest BCUT2D eigenvalue weighted by Crippen LogP contribution is -2.10. The number of nitrogens with one attached hydrogen (secondary N) is 1. The van der Waals surface area contributed by atoms with E-state index in [1.54, 1.807) is 49.3 Å². The van der Waals surface area contributed by atoms with Gasteiger partial charge in [-0.15, -0.1) is 0 Å². The summed E-state index contributed by atoms with van der Waals surface area (Å²) >= 11 is 0. The molecule has 1 aromatic heterocycles. The van der Waals surface area contributed by atoms with Crippen LogP contribution in [-0.2, 0) is 7.05 Å². The number of benzene rings is 1. The summed E-state index contributed by atoms with van der Waals surface area (Å²) in [6.45, 7) is 0. The van der Waals surface area contributed by atoms with Crippen molar-refractivity contribution in [3.63, 3.8) is 0 Å². The molecule has 0 aliphatic rings. The van der Waals surface area contributed by atoms with Gasteiger partial charge in [-0.25, -0.2) is 0 Å². The standard InChI is InChI=1S/C12H13N3O2/c1-15-8-9(7-13-15)12(16)14-10-3-5-11(17-2)6-4-10/h3-8H,1-2H3,(H,14,16). The van der Waals surface area contributed by atoms with Crippen molar-refractivity contribution in [1.82, 2.24) is 9.78 Å². The SMILES string of the molecule is COc1ccc(NC(=O)c2cnn(C)c2)cc1. The maximum atomic E-state index is 11.8. The van der Waals surface area contributed by atoms with Gasteiger partial charge in [-0.3, -0.25) is 9.48 Å². The first-order valence-electron chi connectivity index (χ1n) is 5.13. The molecule has 1 heterocycles. The molecule has 2 rings (SSSR count). The van der Waals surface area contributed by atoms with Crippen LogP contribution in [0.3, 0.4) is 0 Å².